The zero-order chi connectivity index (χ0) is 15.6. The summed E-state index contributed by atoms with van der Waals surface area (Å²) in [5, 5.41) is 3.51. The van der Waals surface area contributed by atoms with Gasteiger partial charge in [0.25, 0.3) is 0 Å². The Labute approximate surface area is 130 Å². The van der Waals surface area contributed by atoms with Gasteiger partial charge >= 0.3 is 0 Å². The van der Waals surface area contributed by atoms with E-state index in [1.165, 1.54) is 6.07 Å². The van der Waals surface area contributed by atoms with Crippen LogP contribution >= 0.6 is 0 Å². The number of carbonyl (C=O) groups excluding carboxylic acids is 1. The van der Waals surface area contributed by atoms with Gasteiger partial charge in [-0.05, 0) is 55.4 Å². The van der Waals surface area contributed by atoms with Gasteiger partial charge in [-0.15, -0.1) is 0 Å². The number of fused-ring (bicyclic) bond motifs is 1. The number of ether oxygens (including phenoxy) is 1. The lowest BCUT2D eigenvalue weighted by Gasteiger charge is -2.36. The van der Waals surface area contributed by atoms with Crippen LogP contribution in [-0.2, 0) is 16.0 Å². The number of hydrogen-bond donors (Lipinski definition) is 2. The maximum atomic E-state index is 13.4. The van der Waals surface area contributed by atoms with Crippen molar-refractivity contribution in [3.8, 4) is 0 Å². The van der Waals surface area contributed by atoms with Crippen LogP contribution in [0.4, 0.5) is 4.39 Å². The fraction of sp³-hybridized carbons (Fsp3) is 0.588. The largest absolute Gasteiger partial charge is 0.381 e. The second-order valence-corrected chi connectivity index (χ2v) is 6.43. The quantitative estimate of drug-likeness (QED) is 0.895. The zero-order valence-corrected chi connectivity index (χ0v) is 12.7. The van der Waals surface area contributed by atoms with E-state index in [0.717, 1.165) is 30.4 Å². The van der Waals surface area contributed by atoms with E-state index in [1.54, 1.807) is 6.07 Å². The number of benzene rings is 1. The van der Waals surface area contributed by atoms with Gasteiger partial charge in [-0.3, -0.25) is 4.79 Å². The van der Waals surface area contributed by atoms with Crippen LogP contribution in [0, 0.1) is 11.2 Å². The molecule has 1 aromatic rings. The lowest BCUT2D eigenvalue weighted by molar-refractivity contribution is -0.133. The van der Waals surface area contributed by atoms with Crippen LogP contribution in [0.15, 0.2) is 18.2 Å². The van der Waals surface area contributed by atoms with Crippen molar-refractivity contribution in [2.75, 3.05) is 19.8 Å². The Balaban J connectivity index is 1.73. The van der Waals surface area contributed by atoms with Gasteiger partial charge in [0, 0.05) is 25.8 Å². The molecule has 1 aliphatic carbocycles. The molecule has 2 aliphatic rings. The number of nitrogens with two attached hydrogens (primary N) is 1. The number of nitrogens with one attached hydrogen (secondary N) is 1. The molecular formula is C17H23FN2O2. The summed E-state index contributed by atoms with van der Waals surface area (Å²) < 4.78 is 18.7. The number of rotatable bonds is 4. The van der Waals surface area contributed by atoms with Crippen LogP contribution in [0.3, 0.4) is 0 Å². The molecule has 0 aromatic heterocycles. The first-order valence-corrected chi connectivity index (χ1v) is 8.00. The Morgan fingerprint density at radius 2 is 2.18 bits per heavy atom. The number of halogens is 1. The average Bonchev–Trinajstić information content (AvgIpc) is 2.53. The van der Waals surface area contributed by atoms with E-state index in [4.69, 9.17) is 10.5 Å². The fourth-order valence-electron chi connectivity index (χ4n) is 3.59. The summed E-state index contributed by atoms with van der Waals surface area (Å²) in [6.07, 6.45) is 4.28. The second-order valence-electron chi connectivity index (χ2n) is 6.43. The van der Waals surface area contributed by atoms with E-state index in [9.17, 15) is 9.18 Å². The summed E-state index contributed by atoms with van der Waals surface area (Å²) in [6.45, 7) is 1.72. The number of carbonyl (C=O) groups is 1. The molecule has 0 saturated carbocycles. The van der Waals surface area contributed by atoms with Crippen molar-refractivity contribution in [1.29, 1.82) is 0 Å². The molecular weight excluding hydrogens is 283 g/mol. The minimum atomic E-state index is -0.518. The summed E-state index contributed by atoms with van der Waals surface area (Å²) in [5.74, 6) is -0.434. The first-order chi connectivity index (χ1) is 10.6. The lowest BCUT2D eigenvalue weighted by Crippen LogP contribution is -2.49. The van der Waals surface area contributed by atoms with E-state index in [2.05, 4.69) is 5.32 Å². The van der Waals surface area contributed by atoms with Crippen molar-refractivity contribution in [1.82, 2.24) is 5.32 Å². The van der Waals surface area contributed by atoms with Crippen molar-refractivity contribution in [3.63, 3.8) is 0 Å². The van der Waals surface area contributed by atoms with Gasteiger partial charge in [-0.2, -0.15) is 0 Å². The van der Waals surface area contributed by atoms with Crippen molar-refractivity contribution < 1.29 is 13.9 Å². The molecule has 0 bridgehead atoms. The molecule has 3 rings (SSSR count). The zero-order valence-electron chi connectivity index (χ0n) is 12.7. The topological polar surface area (TPSA) is 64.4 Å². The first-order valence-electron chi connectivity index (χ1n) is 8.00. The molecule has 0 unspecified atom stereocenters. The molecule has 1 fully saturated rings. The highest BCUT2D eigenvalue weighted by Crippen LogP contribution is 2.34. The number of amides is 1. The third-order valence-corrected chi connectivity index (χ3v) is 5.08. The van der Waals surface area contributed by atoms with Crippen LogP contribution in [0.25, 0.3) is 0 Å². The summed E-state index contributed by atoms with van der Waals surface area (Å²) in [5.41, 5.74) is 7.36. The molecule has 1 atom stereocenters. The number of aryl methyl sites for hydroxylation is 1. The Hall–Kier alpha value is -1.46. The van der Waals surface area contributed by atoms with E-state index in [1.807, 2.05) is 6.07 Å². The Kier molecular flexibility index (Phi) is 4.45. The van der Waals surface area contributed by atoms with Gasteiger partial charge in [-0.1, -0.05) is 6.07 Å². The standard InChI is InChI=1S/C17H23FN2O2/c18-13-4-5-14-12(10-13)2-1-3-15(14)20-11-17(16(19)21)6-8-22-9-7-17/h4-5,10,15,20H,1-3,6-9,11H2,(H2,19,21)/t15-/m1/s1. The lowest BCUT2D eigenvalue weighted by atomic mass is 9.78. The average molecular weight is 306 g/mol. The van der Waals surface area contributed by atoms with Gasteiger partial charge in [0.1, 0.15) is 5.82 Å². The van der Waals surface area contributed by atoms with Gasteiger partial charge in [0.05, 0.1) is 5.41 Å². The van der Waals surface area contributed by atoms with E-state index < -0.39 is 5.41 Å². The predicted molar refractivity (Wildman–Crippen MR) is 81.8 cm³/mol. The van der Waals surface area contributed by atoms with Crippen molar-refractivity contribution >= 4 is 5.91 Å². The van der Waals surface area contributed by atoms with Crippen LogP contribution in [-0.4, -0.2) is 25.7 Å². The van der Waals surface area contributed by atoms with Gasteiger partial charge in [-0.25, -0.2) is 4.39 Å². The summed E-state index contributed by atoms with van der Waals surface area (Å²) in [6, 6.07) is 5.17. The SMILES string of the molecule is NC(=O)C1(CN[C@@H]2CCCc3cc(F)ccc32)CCOCC1. The van der Waals surface area contributed by atoms with Crippen molar-refractivity contribution in [2.24, 2.45) is 11.1 Å². The molecule has 1 amide bonds. The molecule has 22 heavy (non-hydrogen) atoms. The predicted octanol–water partition coefficient (Wildman–Crippen LogP) is 2.07. The van der Waals surface area contributed by atoms with Crippen LogP contribution < -0.4 is 11.1 Å². The van der Waals surface area contributed by atoms with Crippen LogP contribution in [0.2, 0.25) is 0 Å². The van der Waals surface area contributed by atoms with Crippen molar-refractivity contribution in [2.45, 2.75) is 38.1 Å². The van der Waals surface area contributed by atoms with Gasteiger partial charge < -0.3 is 15.8 Å². The Morgan fingerprint density at radius 3 is 2.91 bits per heavy atom. The highest BCUT2D eigenvalue weighted by Gasteiger charge is 2.39. The molecule has 1 saturated heterocycles. The Bertz CT molecular complexity index is 556. The molecule has 1 aliphatic heterocycles. The first kappa shape index (κ1) is 15.4. The fourth-order valence-corrected chi connectivity index (χ4v) is 3.59. The van der Waals surface area contributed by atoms with Crippen LogP contribution in [0.1, 0.15) is 42.9 Å². The minimum Gasteiger partial charge on any atom is -0.381 e. The highest BCUT2D eigenvalue weighted by atomic mass is 19.1. The molecule has 1 heterocycles. The second kappa shape index (κ2) is 6.34. The third kappa shape index (κ3) is 3.01. The molecule has 120 valence electrons. The maximum Gasteiger partial charge on any atom is 0.225 e. The molecule has 0 spiro atoms. The summed E-state index contributed by atoms with van der Waals surface area (Å²) in [4.78, 5) is 11.9. The minimum absolute atomic E-state index is 0.170. The highest BCUT2D eigenvalue weighted by molar-refractivity contribution is 5.81. The summed E-state index contributed by atoms with van der Waals surface area (Å²) >= 11 is 0. The molecule has 3 N–H and O–H groups in total. The van der Waals surface area contributed by atoms with E-state index in [0.29, 0.717) is 32.6 Å². The number of hydrogen-bond acceptors (Lipinski definition) is 3. The monoisotopic (exact) mass is 306 g/mol. The normalized spacial score (nSPS) is 23.8. The molecule has 0 radical (unpaired) electrons. The third-order valence-electron chi connectivity index (χ3n) is 5.08. The van der Waals surface area contributed by atoms with Crippen LogP contribution in [0.5, 0.6) is 0 Å². The smallest absolute Gasteiger partial charge is 0.225 e. The Morgan fingerprint density at radius 1 is 1.41 bits per heavy atom. The van der Waals surface area contributed by atoms with Gasteiger partial charge in [0.15, 0.2) is 0 Å². The van der Waals surface area contributed by atoms with E-state index in [-0.39, 0.29) is 17.8 Å². The maximum absolute atomic E-state index is 13.4. The van der Waals surface area contributed by atoms with Crippen molar-refractivity contribution in [3.05, 3.63) is 35.1 Å². The summed E-state index contributed by atoms with van der Waals surface area (Å²) in [7, 11) is 0. The molecule has 4 nitrogen and oxygen atoms in total. The molecule has 1 aromatic carbocycles. The van der Waals surface area contributed by atoms with Gasteiger partial charge in [0.2, 0.25) is 5.91 Å². The molecule has 5 heteroatoms. The number of primary amides is 1. The van der Waals surface area contributed by atoms with E-state index >= 15 is 0 Å².